The molecule has 0 aromatic carbocycles. The minimum absolute atomic E-state index is 0.231. The average Bonchev–Trinajstić information content (AvgIpc) is 2.25. The SMILES string of the molecule is CN(CCCCNCCCO)C(=O)OC(C)(C)C. The van der Waals surface area contributed by atoms with E-state index in [9.17, 15) is 4.79 Å². The van der Waals surface area contributed by atoms with Gasteiger partial charge >= 0.3 is 6.09 Å². The van der Waals surface area contributed by atoms with Gasteiger partial charge in [0.25, 0.3) is 0 Å². The van der Waals surface area contributed by atoms with Crippen molar-refractivity contribution in [2.45, 2.75) is 45.6 Å². The first-order chi connectivity index (χ1) is 8.37. The van der Waals surface area contributed by atoms with Crippen molar-refractivity contribution >= 4 is 6.09 Å². The molecular formula is C13H28N2O3. The molecule has 108 valence electrons. The maximum Gasteiger partial charge on any atom is 0.410 e. The Morgan fingerprint density at radius 1 is 1.22 bits per heavy atom. The van der Waals surface area contributed by atoms with Gasteiger partial charge in [-0.1, -0.05) is 0 Å². The van der Waals surface area contributed by atoms with Crippen LogP contribution in [0.4, 0.5) is 4.79 Å². The predicted octanol–water partition coefficient (Wildman–Crippen LogP) is 1.61. The van der Waals surface area contributed by atoms with Crippen molar-refractivity contribution in [2.75, 3.05) is 33.3 Å². The third-order valence-corrected chi connectivity index (χ3v) is 2.31. The average molecular weight is 260 g/mol. The van der Waals surface area contributed by atoms with Gasteiger partial charge in [0.2, 0.25) is 0 Å². The van der Waals surface area contributed by atoms with E-state index in [-0.39, 0.29) is 12.7 Å². The lowest BCUT2D eigenvalue weighted by atomic mass is 10.2. The first kappa shape index (κ1) is 17.2. The van der Waals surface area contributed by atoms with Crippen molar-refractivity contribution in [1.29, 1.82) is 0 Å². The molecule has 0 saturated heterocycles. The Bertz CT molecular complexity index is 227. The number of unbranched alkanes of at least 4 members (excludes halogenated alkanes) is 1. The number of carbonyl (C=O) groups excluding carboxylic acids is 1. The highest BCUT2D eigenvalue weighted by Gasteiger charge is 2.18. The molecule has 5 nitrogen and oxygen atoms in total. The molecule has 0 unspecified atom stereocenters. The van der Waals surface area contributed by atoms with Crippen molar-refractivity contribution in [3.05, 3.63) is 0 Å². The standard InChI is InChI=1S/C13H28N2O3/c1-13(2,3)18-12(17)15(4)10-6-5-8-14-9-7-11-16/h14,16H,5-11H2,1-4H3. The zero-order chi connectivity index (χ0) is 14.0. The molecule has 0 fully saturated rings. The number of amides is 1. The van der Waals surface area contributed by atoms with Crippen LogP contribution in [0.15, 0.2) is 0 Å². The van der Waals surface area contributed by atoms with Crippen molar-refractivity contribution in [2.24, 2.45) is 0 Å². The molecule has 0 aromatic rings. The first-order valence-electron chi connectivity index (χ1n) is 6.62. The van der Waals surface area contributed by atoms with E-state index in [0.29, 0.717) is 6.54 Å². The van der Waals surface area contributed by atoms with Crippen LogP contribution in [0.2, 0.25) is 0 Å². The van der Waals surface area contributed by atoms with Gasteiger partial charge in [0.1, 0.15) is 5.60 Å². The van der Waals surface area contributed by atoms with Crippen LogP contribution in [0, 0.1) is 0 Å². The molecule has 0 aliphatic heterocycles. The third kappa shape index (κ3) is 10.4. The number of nitrogens with zero attached hydrogens (tertiary/aromatic N) is 1. The summed E-state index contributed by atoms with van der Waals surface area (Å²) in [6.07, 6.45) is 2.48. The number of aliphatic hydroxyl groups is 1. The van der Waals surface area contributed by atoms with Gasteiger partial charge in [0.15, 0.2) is 0 Å². The number of rotatable bonds is 8. The number of aliphatic hydroxyl groups excluding tert-OH is 1. The van der Waals surface area contributed by atoms with Gasteiger partial charge in [-0.2, -0.15) is 0 Å². The molecule has 0 spiro atoms. The molecule has 0 atom stereocenters. The predicted molar refractivity (Wildman–Crippen MR) is 72.7 cm³/mol. The van der Waals surface area contributed by atoms with Crippen LogP contribution in [0.1, 0.15) is 40.0 Å². The fraction of sp³-hybridized carbons (Fsp3) is 0.923. The second-order valence-corrected chi connectivity index (χ2v) is 5.44. The number of ether oxygens (including phenoxy) is 1. The number of carbonyl (C=O) groups is 1. The molecule has 0 rings (SSSR count). The van der Waals surface area contributed by atoms with Crippen LogP contribution in [0.5, 0.6) is 0 Å². The summed E-state index contributed by atoms with van der Waals surface area (Å²) in [6, 6.07) is 0. The van der Waals surface area contributed by atoms with Crippen LogP contribution in [0.3, 0.4) is 0 Å². The third-order valence-electron chi connectivity index (χ3n) is 2.31. The first-order valence-corrected chi connectivity index (χ1v) is 6.62. The summed E-state index contributed by atoms with van der Waals surface area (Å²) >= 11 is 0. The Balaban J connectivity index is 3.52. The van der Waals surface area contributed by atoms with Crippen molar-refractivity contribution in [1.82, 2.24) is 10.2 Å². The topological polar surface area (TPSA) is 61.8 Å². The number of hydrogen-bond donors (Lipinski definition) is 2. The summed E-state index contributed by atoms with van der Waals surface area (Å²) < 4.78 is 5.25. The normalized spacial score (nSPS) is 11.4. The van der Waals surface area contributed by atoms with Crippen LogP contribution < -0.4 is 5.32 Å². The van der Waals surface area contributed by atoms with E-state index in [1.807, 2.05) is 20.8 Å². The van der Waals surface area contributed by atoms with Gasteiger partial charge in [-0.25, -0.2) is 4.79 Å². The summed E-state index contributed by atoms with van der Waals surface area (Å²) in [5.41, 5.74) is -0.433. The quantitative estimate of drug-likeness (QED) is 0.651. The summed E-state index contributed by atoms with van der Waals surface area (Å²) in [5.74, 6) is 0. The van der Waals surface area contributed by atoms with Crippen molar-refractivity contribution in [3.8, 4) is 0 Å². The summed E-state index contributed by atoms with van der Waals surface area (Å²) in [7, 11) is 1.76. The van der Waals surface area contributed by atoms with Crippen molar-refractivity contribution in [3.63, 3.8) is 0 Å². The highest BCUT2D eigenvalue weighted by atomic mass is 16.6. The fourth-order valence-corrected chi connectivity index (χ4v) is 1.36. The van der Waals surface area contributed by atoms with Crippen LogP contribution in [-0.2, 0) is 4.74 Å². The monoisotopic (exact) mass is 260 g/mol. The largest absolute Gasteiger partial charge is 0.444 e. The van der Waals surface area contributed by atoms with E-state index < -0.39 is 5.60 Å². The zero-order valence-corrected chi connectivity index (χ0v) is 12.2. The molecule has 0 aromatic heterocycles. The van der Waals surface area contributed by atoms with E-state index in [1.54, 1.807) is 11.9 Å². The maximum atomic E-state index is 11.6. The Labute approximate surface area is 110 Å². The minimum Gasteiger partial charge on any atom is -0.444 e. The van der Waals surface area contributed by atoms with Gasteiger partial charge in [-0.05, 0) is 53.1 Å². The zero-order valence-electron chi connectivity index (χ0n) is 12.2. The van der Waals surface area contributed by atoms with E-state index in [4.69, 9.17) is 9.84 Å². The smallest absolute Gasteiger partial charge is 0.410 e. The highest BCUT2D eigenvalue weighted by Crippen LogP contribution is 2.09. The Morgan fingerprint density at radius 3 is 2.39 bits per heavy atom. The lowest BCUT2D eigenvalue weighted by Crippen LogP contribution is -2.34. The molecule has 18 heavy (non-hydrogen) atoms. The highest BCUT2D eigenvalue weighted by molar-refractivity contribution is 5.67. The molecule has 1 amide bonds. The summed E-state index contributed by atoms with van der Waals surface area (Å²) in [4.78, 5) is 13.2. The molecule has 0 saturated carbocycles. The minimum atomic E-state index is -0.433. The van der Waals surface area contributed by atoms with Gasteiger partial charge in [0, 0.05) is 20.2 Å². The van der Waals surface area contributed by atoms with E-state index >= 15 is 0 Å². The fourth-order valence-electron chi connectivity index (χ4n) is 1.36. The number of hydrogen-bond acceptors (Lipinski definition) is 4. The molecule has 0 heterocycles. The van der Waals surface area contributed by atoms with E-state index in [0.717, 1.165) is 32.4 Å². The summed E-state index contributed by atoms with van der Waals surface area (Å²) in [6.45, 7) is 8.29. The van der Waals surface area contributed by atoms with Crippen molar-refractivity contribution < 1.29 is 14.6 Å². The number of nitrogens with one attached hydrogen (secondary N) is 1. The van der Waals surface area contributed by atoms with E-state index in [1.165, 1.54) is 0 Å². The summed E-state index contributed by atoms with van der Waals surface area (Å²) in [5, 5.41) is 11.8. The molecule has 2 N–H and O–H groups in total. The van der Waals surface area contributed by atoms with Crippen LogP contribution in [0.25, 0.3) is 0 Å². The Hall–Kier alpha value is -0.810. The van der Waals surface area contributed by atoms with Gasteiger partial charge in [-0.3, -0.25) is 0 Å². The second-order valence-electron chi connectivity index (χ2n) is 5.44. The molecule has 5 heteroatoms. The molecular weight excluding hydrogens is 232 g/mol. The second kappa shape index (κ2) is 9.16. The van der Waals surface area contributed by atoms with E-state index in [2.05, 4.69) is 5.32 Å². The molecule has 0 aliphatic rings. The molecule has 0 radical (unpaired) electrons. The molecule has 0 bridgehead atoms. The van der Waals surface area contributed by atoms with Crippen LogP contribution in [-0.4, -0.2) is 55.0 Å². The van der Waals surface area contributed by atoms with Gasteiger partial charge in [0.05, 0.1) is 0 Å². The Morgan fingerprint density at radius 2 is 1.83 bits per heavy atom. The van der Waals surface area contributed by atoms with Gasteiger partial charge < -0.3 is 20.1 Å². The maximum absolute atomic E-state index is 11.6. The molecule has 0 aliphatic carbocycles. The lowest BCUT2D eigenvalue weighted by molar-refractivity contribution is 0.0296. The van der Waals surface area contributed by atoms with Gasteiger partial charge in [-0.15, -0.1) is 0 Å². The lowest BCUT2D eigenvalue weighted by Gasteiger charge is -2.24. The Kier molecular flexibility index (Phi) is 8.75. The van der Waals surface area contributed by atoms with Crippen LogP contribution >= 0.6 is 0 Å².